The summed E-state index contributed by atoms with van der Waals surface area (Å²) in [5.41, 5.74) is 14.4. The Morgan fingerprint density at radius 1 is 0.440 bits per heavy atom. The SMILES string of the molecule is CC1(C)c2ccccc2-c2c1ccc1cc3c(cc21)c1ccccc1n3-c1ncc(-c2cc(-c3ccccc3)cc(-c3ccccc3)c2)cn1. The van der Waals surface area contributed by atoms with Gasteiger partial charge in [-0.15, -0.1) is 0 Å². The maximum Gasteiger partial charge on any atom is 0.234 e. The van der Waals surface area contributed by atoms with E-state index in [9.17, 15) is 0 Å². The number of rotatable bonds is 4. The maximum atomic E-state index is 5.04. The molecule has 0 saturated carbocycles. The minimum absolute atomic E-state index is 0.0405. The van der Waals surface area contributed by atoms with E-state index >= 15 is 0 Å². The third kappa shape index (κ3) is 4.30. The molecule has 0 radical (unpaired) electrons. The van der Waals surface area contributed by atoms with E-state index in [-0.39, 0.29) is 5.41 Å². The summed E-state index contributed by atoms with van der Waals surface area (Å²) in [6.45, 7) is 4.69. The van der Waals surface area contributed by atoms with Crippen molar-refractivity contribution in [2.75, 3.05) is 0 Å². The lowest BCUT2D eigenvalue weighted by atomic mass is 9.82. The van der Waals surface area contributed by atoms with Crippen LogP contribution in [0.3, 0.4) is 0 Å². The van der Waals surface area contributed by atoms with Crippen LogP contribution < -0.4 is 0 Å². The Bertz CT molecular complexity index is 2700. The molecule has 0 fully saturated rings. The van der Waals surface area contributed by atoms with Gasteiger partial charge in [-0.05, 0) is 97.2 Å². The molecule has 0 saturated heterocycles. The second kappa shape index (κ2) is 10.8. The molecule has 2 aromatic heterocycles. The number of benzene rings is 7. The number of hydrogen-bond acceptors (Lipinski definition) is 2. The van der Waals surface area contributed by atoms with Gasteiger partial charge < -0.3 is 0 Å². The van der Waals surface area contributed by atoms with Crippen LogP contribution in [-0.2, 0) is 5.41 Å². The minimum Gasteiger partial charge on any atom is -0.278 e. The van der Waals surface area contributed by atoms with Gasteiger partial charge in [0.2, 0.25) is 5.95 Å². The predicted molar refractivity (Wildman–Crippen MR) is 208 cm³/mol. The summed E-state index contributed by atoms with van der Waals surface area (Å²) in [6.07, 6.45) is 3.93. The number of nitrogens with zero attached hydrogens (tertiary/aromatic N) is 3. The van der Waals surface area contributed by atoms with Crippen LogP contribution in [0.4, 0.5) is 0 Å². The highest BCUT2D eigenvalue weighted by Crippen LogP contribution is 2.52. The fourth-order valence-electron chi connectivity index (χ4n) is 8.18. The van der Waals surface area contributed by atoms with E-state index in [1.807, 2.05) is 12.4 Å². The van der Waals surface area contributed by atoms with Gasteiger partial charge in [-0.1, -0.05) is 129 Å². The summed E-state index contributed by atoms with van der Waals surface area (Å²) in [5.74, 6) is 0.662. The zero-order valence-corrected chi connectivity index (χ0v) is 27.9. The van der Waals surface area contributed by atoms with Gasteiger partial charge in [0, 0.05) is 34.1 Å². The normalized spacial score (nSPS) is 13.2. The number of hydrogen-bond donors (Lipinski definition) is 0. The van der Waals surface area contributed by atoms with Crippen molar-refractivity contribution in [3.63, 3.8) is 0 Å². The Kier molecular flexibility index (Phi) is 6.22. The molecular weight excluding hydrogens is 607 g/mol. The molecule has 1 aliphatic carbocycles. The molecule has 0 amide bonds. The molecule has 0 bridgehead atoms. The number of fused-ring (bicyclic) bond motifs is 8. The first-order valence-corrected chi connectivity index (χ1v) is 17.2. The standard InChI is InChI=1S/C47H33N3/c1-47(2)41-19-11-9-18-38(41)45-39-27-40-37-17-10-12-20-43(37)50(44(40)26-32(39)21-22-42(45)47)46-48-28-36(29-49-46)35-24-33(30-13-5-3-6-14-30)23-34(25-35)31-15-7-4-8-16-31/h3-29H,1-2H3. The van der Waals surface area contributed by atoms with Crippen molar-refractivity contribution in [2.24, 2.45) is 0 Å². The molecule has 10 rings (SSSR count). The fourth-order valence-corrected chi connectivity index (χ4v) is 8.18. The van der Waals surface area contributed by atoms with Crippen LogP contribution in [0.25, 0.3) is 83.0 Å². The Labute approximate surface area is 291 Å². The van der Waals surface area contributed by atoms with Gasteiger partial charge in [0.1, 0.15) is 0 Å². The summed E-state index contributed by atoms with van der Waals surface area (Å²) in [5, 5.41) is 4.91. The van der Waals surface area contributed by atoms with Gasteiger partial charge in [0.05, 0.1) is 11.0 Å². The van der Waals surface area contributed by atoms with E-state index in [0.717, 1.165) is 33.3 Å². The first kappa shape index (κ1) is 28.7. The molecule has 7 aromatic carbocycles. The molecule has 3 heteroatoms. The summed E-state index contributed by atoms with van der Waals surface area (Å²) >= 11 is 0. The smallest absolute Gasteiger partial charge is 0.234 e. The first-order chi connectivity index (χ1) is 24.5. The second-order valence-corrected chi connectivity index (χ2v) is 13.9. The third-order valence-corrected chi connectivity index (χ3v) is 10.7. The summed E-state index contributed by atoms with van der Waals surface area (Å²) in [6, 6.07) is 54.7. The minimum atomic E-state index is -0.0405. The van der Waals surface area contributed by atoms with Crippen molar-refractivity contribution in [1.29, 1.82) is 0 Å². The third-order valence-electron chi connectivity index (χ3n) is 10.7. The number of para-hydroxylation sites is 1. The fraction of sp³-hybridized carbons (Fsp3) is 0.0638. The van der Waals surface area contributed by atoms with Gasteiger partial charge in [-0.25, -0.2) is 9.97 Å². The zero-order chi connectivity index (χ0) is 33.4. The second-order valence-electron chi connectivity index (χ2n) is 13.9. The van der Waals surface area contributed by atoms with Gasteiger partial charge in [-0.3, -0.25) is 4.57 Å². The Hall–Kier alpha value is -6.32. The highest BCUT2D eigenvalue weighted by atomic mass is 15.1. The molecule has 0 spiro atoms. The van der Waals surface area contributed by atoms with Crippen molar-refractivity contribution in [1.82, 2.24) is 14.5 Å². The highest BCUT2D eigenvalue weighted by Gasteiger charge is 2.36. The Morgan fingerprint density at radius 2 is 1.04 bits per heavy atom. The monoisotopic (exact) mass is 639 g/mol. The molecule has 0 aliphatic heterocycles. The summed E-state index contributed by atoms with van der Waals surface area (Å²) < 4.78 is 2.22. The average molecular weight is 640 g/mol. The molecule has 236 valence electrons. The van der Waals surface area contributed by atoms with E-state index in [4.69, 9.17) is 9.97 Å². The van der Waals surface area contributed by atoms with Crippen LogP contribution in [0.5, 0.6) is 0 Å². The molecule has 3 nitrogen and oxygen atoms in total. The quantitative estimate of drug-likeness (QED) is 0.192. The van der Waals surface area contributed by atoms with Crippen LogP contribution in [0.15, 0.2) is 164 Å². The largest absolute Gasteiger partial charge is 0.278 e. The van der Waals surface area contributed by atoms with Crippen molar-refractivity contribution in [3.05, 3.63) is 175 Å². The lowest BCUT2D eigenvalue weighted by Gasteiger charge is -2.21. The maximum absolute atomic E-state index is 5.04. The van der Waals surface area contributed by atoms with Gasteiger partial charge >= 0.3 is 0 Å². The van der Waals surface area contributed by atoms with E-state index in [1.54, 1.807) is 0 Å². The van der Waals surface area contributed by atoms with Crippen molar-refractivity contribution in [2.45, 2.75) is 19.3 Å². The molecule has 0 N–H and O–H groups in total. The van der Waals surface area contributed by atoms with E-state index in [0.29, 0.717) is 5.95 Å². The van der Waals surface area contributed by atoms with E-state index in [2.05, 4.69) is 170 Å². The molecule has 2 heterocycles. The Balaban J connectivity index is 1.14. The van der Waals surface area contributed by atoms with Gasteiger partial charge in [0.15, 0.2) is 0 Å². The van der Waals surface area contributed by atoms with E-state index < -0.39 is 0 Å². The molecule has 1 aliphatic rings. The van der Waals surface area contributed by atoms with Crippen molar-refractivity contribution in [3.8, 4) is 50.5 Å². The van der Waals surface area contributed by atoms with Gasteiger partial charge in [0.25, 0.3) is 0 Å². The lowest BCUT2D eigenvalue weighted by Crippen LogP contribution is -2.14. The molecule has 0 atom stereocenters. The van der Waals surface area contributed by atoms with Crippen LogP contribution in [-0.4, -0.2) is 14.5 Å². The predicted octanol–water partition coefficient (Wildman–Crippen LogP) is 12.0. The topological polar surface area (TPSA) is 30.7 Å². The summed E-state index contributed by atoms with van der Waals surface area (Å²) in [7, 11) is 0. The average Bonchev–Trinajstić information content (AvgIpc) is 3.62. The zero-order valence-electron chi connectivity index (χ0n) is 27.9. The van der Waals surface area contributed by atoms with E-state index in [1.165, 1.54) is 54.9 Å². The van der Waals surface area contributed by atoms with Crippen LogP contribution >= 0.6 is 0 Å². The molecule has 0 unspecified atom stereocenters. The van der Waals surface area contributed by atoms with Gasteiger partial charge in [-0.2, -0.15) is 0 Å². The molecule has 50 heavy (non-hydrogen) atoms. The molecular formula is C47H33N3. The van der Waals surface area contributed by atoms with Crippen molar-refractivity contribution >= 4 is 32.6 Å². The van der Waals surface area contributed by atoms with Crippen molar-refractivity contribution < 1.29 is 0 Å². The van der Waals surface area contributed by atoms with Crippen LogP contribution in [0, 0.1) is 0 Å². The Morgan fingerprint density at radius 3 is 1.74 bits per heavy atom. The molecule has 9 aromatic rings. The van der Waals surface area contributed by atoms with Crippen LogP contribution in [0.1, 0.15) is 25.0 Å². The van der Waals surface area contributed by atoms with Crippen LogP contribution in [0.2, 0.25) is 0 Å². The number of aromatic nitrogens is 3. The lowest BCUT2D eigenvalue weighted by molar-refractivity contribution is 0.661. The highest BCUT2D eigenvalue weighted by molar-refractivity contribution is 6.16. The first-order valence-electron chi connectivity index (χ1n) is 17.2. The summed E-state index contributed by atoms with van der Waals surface area (Å²) in [4.78, 5) is 10.1.